The molecule has 4 N–H and O–H groups in total. The number of nitrogens with two attached hydrogens (primary N) is 1. The van der Waals surface area contributed by atoms with Gasteiger partial charge in [0.1, 0.15) is 12.2 Å². The van der Waals surface area contributed by atoms with Crippen molar-refractivity contribution >= 4 is 17.6 Å². The van der Waals surface area contributed by atoms with Gasteiger partial charge >= 0.3 is 5.97 Å². The Morgan fingerprint density at radius 2 is 2.00 bits per heavy atom. The minimum absolute atomic E-state index is 0.160. The molecule has 0 fully saturated rings. The van der Waals surface area contributed by atoms with E-state index in [1.807, 2.05) is 0 Å². The summed E-state index contributed by atoms with van der Waals surface area (Å²) in [5.41, 5.74) is 7.58. The average molecular weight is 289 g/mol. The maximum atomic E-state index is 11.8. The second-order valence-corrected chi connectivity index (χ2v) is 4.50. The first-order valence-electron chi connectivity index (χ1n) is 6.25. The summed E-state index contributed by atoms with van der Waals surface area (Å²) in [5, 5.41) is 18.7. The Morgan fingerprint density at radius 1 is 1.29 bits per heavy atom. The number of nitrogens with one attached hydrogen (secondary N) is 1. The molecule has 0 aliphatic heterocycles. The molecule has 0 spiro atoms. The van der Waals surface area contributed by atoms with Gasteiger partial charge in [-0.05, 0) is 17.7 Å². The number of carbonyl (C=O) groups excluding carboxylic acids is 1. The molecule has 21 heavy (non-hydrogen) atoms. The van der Waals surface area contributed by atoms with Gasteiger partial charge in [0.25, 0.3) is 0 Å². The van der Waals surface area contributed by atoms with Crippen LogP contribution in [0.25, 0.3) is 0 Å². The monoisotopic (exact) mass is 289 g/mol. The Hall–Kier alpha value is -2.90. The van der Waals surface area contributed by atoms with Crippen LogP contribution in [0.4, 0.5) is 5.69 Å². The largest absolute Gasteiger partial charge is 0.480 e. The van der Waals surface area contributed by atoms with E-state index in [1.165, 1.54) is 10.9 Å². The van der Waals surface area contributed by atoms with E-state index in [-0.39, 0.29) is 25.4 Å². The number of rotatable bonds is 6. The van der Waals surface area contributed by atoms with Gasteiger partial charge in [0.15, 0.2) is 0 Å². The lowest BCUT2D eigenvalue weighted by Gasteiger charge is -2.03. The molecule has 0 radical (unpaired) electrons. The highest BCUT2D eigenvalue weighted by Gasteiger charge is 2.07. The second-order valence-electron chi connectivity index (χ2n) is 4.50. The standard InChI is InChI=1S/C13H15N5O3/c14-10-3-1-9(2-4-10)5-12(19)15-6-11-7-18(17-16-11)8-13(20)21/h1-4,7H,5-6,8,14H2,(H,15,19)(H,20,21). The first-order chi connectivity index (χ1) is 10.0. The molecule has 110 valence electrons. The zero-order chi connectivity index (χ0) is 15.2. The van der Waals surface area contributed by atoms with Crippen LogP contribution in [-0.2, 0) is 29.1 Å². The van der Waals surface area contributed by atoms with Crippen molar-refractivity contribution in [2.24, 2.45) is 0 Å². The van der Waals surface area contributed by atoms with Crippen LogP contribution in [0.1, 0.15) is 11.3 Å². The number of carboxylic acid groups (broad SMARTS) is 1. The number of nitrogen functional groups attached to an aromatic ring is 1. The van der Waals surface area contributed by atoms with Crippen LogP contribution in [0, 0.1) is 0 Å². The minimum atomic E-state index is -1.00. The Bertz CT molecular complexity index is 636. The van der Waals surface area contributed by atoms with Crippen molar-refractivity contribution < 1.29 is 14.7 Å². The third-order valence-electron chi connectivity index (χ3n) is 2.69. The van der Waals surface area contributed by atoms with Crippen LogP contribution in [0.15, 0.2) is 30.5 Å². The van der Waals surface area contributed by atoms with Gasteiger partial charge in [-0.3, -0.25) is 9.59 Å². The van der Waals surface area contributed by atoms with Crippen LogP contribution in [0.3, 0.4) is 0 Å². The van der Waals surface area contributed by atoms with Crippen LogP contribution in [0.5, 0.6) is 0 Å². The number of carboxylic acids is 1. The molecule has 0 saturated heterocycles. The third-order valence-corrected chi connectivity index (χ3v) is 2.69. The molecule has 1 amide bonds. The third kappa shape index (κ3) is 4.60. The molecule has 1 aromatic carbocycles. The molecular formula is C13H15N5O3. The van der Waals surface area contributed by atoms with Crippen molar-refractivity contribution in [3.8, 4) is 0 Å². The van der Waals surface area contributed by atoms with Crippen LogP contribution < -0.4 is 11.1 Å². The van der Waals surface area contributed by atoms with Gasteiger partial charge < -0.3 is 16.2 Å². The highest BCUT2D eigenvalue weighted by molar-refractivity contribution is 5.78. The predicted octanol–water partition coefficient (Wildman–Crippen LogP) is -0.196. The van der Waals surface area contributed by atoms with Gasteiger partial charge in [-0.1, -0.05) is 17.3 Å². The molecule has 8 nitrogen and oxygen atoms in total. The maximum Gasteiger partial charge on any atom is 0.325 e. The molecule has 2 rings (SSSR count). The smallest absolute Gasteiger partial charge is 0.325 e. The molecule has 8 heteroatoms. The van der Waals surface area contributed by atoms with Crippen LogP contribution in [-0.4, -0.2) is 32.0 Å². The Labute approximate surface area is 120 Å². The number of anilines is 1. The topological polar surface area (TPSA) is 123 Å². The zero-order valence-corrected chi connectivity index (χ0v) is 11.2. The van der Waals surface area contributed by atoms with Crippen LogP contribution >= 0.6 is 0 Å². The summed E-state index contributed by atoms with van der Waals surface area (Å²) >= 11 is 0. The quantitative estimate of drug-likeness (QED) is 0.633. The summed E-state index contributed by atoms with van der Waals surface area (Å²) in [7, 11) is 0. The van der Waals surface area contributed by atoms with E-state index in [0.29, 0.717) is 11.4 Å². The molecule has 0 saturated carbocycles. The number of carbonyl (C=O) groups is 2. The van der Waals surface area contributed by atoms with Gasteiger partial charge in [-0.15, -0.1) is 5.10 Å². The van der Waals surface area contributed by atoms with Crippen molar-refractivity contribution in [3.05, 3.63) is 41.7 Å². The van der Waals surface area contributed by atoms with Crippen molar-refractivity contribution in [1.82, 2.24) is 20.3 Å². The van der Waals surface area contributed by atoms with E-state index >= 15 is 0 Å². The molecule has 0 aliphatic rings. The summed E-state index contributed by atoms with van der Waals surface area (Å²) in [4.78, 5) is 22.3. The van der Waals surface area contributed by atoms with E-state index in [1.54, 1.807) is 24.3 Å². The molecule has 0 bridgehead atoms. The maximum absolute atomic E-state index is 11.8. The molecule has 0 atom stereocenters. The summed E-state index contributed by atoms with van der Waals surface area (Å²) in [6, 6.07) is 7.05. The zero-order valence-electron chi connectivity index (χ0n) is 11.2. The van der Waals surface area contributed by atoms with Gasteiger partial charge in [-0.25, -0.2) is 4.68 Å². The minimum Gasteiger partial charge on any atom is -0.480 e. The SMILES string of the molecule is Nc1ccc(CC(=O)NCc2cn(CC(=O)O)nn2)cc1. The lowest BCUT2D eigenvalue weighted by molar-refractivity contribution is -0.138. The molecule has 2 aromatic rings. The Kier molecular flexibility index (Phi) is 4.50. The van der Waals surface area contributed by atoms with E-state index in [2.05, 4.69) is 15.6 Å². The molecular weight excluding hydrogens is 274 g/mol. The summed E-state index contributed by atoms with van der Waals surface area (Å²) in [5.74, 6) is -1.16. The fourth-order valence-electron chi connectivity index (χ4n) is 1.71. The fourth-order valence-corrected chi connectivity index (χ4v) is 1.71. The van der Waals surface area contributed by atoms with E-state index in [9.17, 15) is 9.59 Å². The van der Waals surface area contributed by atoms with Crippen molar-refractivity contribution in [2.45, 2.75) is 19.5 Å². The summed E-state index contributed by atoms with van der Waals surface area (Å²) in [6.07, 6.45) is 1.72. The predicted molar refractivity (Wildman–Crippen MR) is 74.1 cm³/mol. The number of hydrogen-bond acceptors (Lipinski definition) is 5. The highest BCUT2D eigenvalue weighted by atomic mass is 16.4. The van der Waals surface area contributed by atoms with E-state index in [0.717, 1.165) is 5.56 Å². The van der Waals surface area contributed by atoms with E-state index < -0.39 is 5.97 Å². The van der Waals surface area contributed by atoms with Gasteiger partial charge in [0.05, 0.1) is 19.2 Å². The summed E-state index contributed by atoms with van der Waals surface area (Å²) < 4.78 is 1.20. The van der Waals surface area contributed by atoms with Gasteiger partial charge in [0, 0.05) is 5.69 Å². The number of aliphatic carboxylic acids is 1. The lowest BCUT2D eigenvalue weighted by Crippen LogP contribution is -2.24. The highest BCUT2D eigenvalue weighted by Crippen LogP contribution is 2.06. The Morgan fingerprint density at radius 3 is 2.67 bits per heavy atom. The van der Waals surface area contributed by atoms with Crippen molar-refractivity contribution in [1.29, 1.82) is 0 Å². The molecule has 1 aromatic heterocycles. The number of hydrogen-bond donors (Lipinski definition) is 3. The fraction of sp³-hybridized carbons (Fsp3) is 0.231. The number of aromatic nitrogens is 3. The average Bonchev–Trinajstić information content (AvgIpc) is 2.86. The van der Waals surface area contributed by atoms with Gasteiger partial charge in [-0.2, -0.15) is 0 Å². The lowest BCUT2D eigenvalue weighted by atomic mass is 10.1. The molecule has 0 unspecified atom stereocenters. The first-order valence-corrected chi connectivity index (χ1v) is 6.25. The Balaban J connectivity index is 1.82. The number of amides is 1. The molecule has 0 aliphatic carbocycles. The van der Waals surface area contributed by atoms with Crippen molar-refractivity contribution in [3.63, 3.8) is 0 Å². The number of nitrogens with zero attached hydrogens (tertiary/aromatic N) is 3. The molecule has 1 heterocycles. The number of benzene rings is 1. The second kappa shape index (κ2) is 6.51. The summed E-state index contributed by atoms with van der Waals surface area (Å²) in [6.45, 7) is -0.0557. The first kappa shape index (κ1) is 14.5. The van der Waals surface area contributed by atoms with Crippen molar-refractivity contribution in [2.75, 3.05) is 5.73 Å². The normalized spacial score (nSPS) is 10.3. The van der Waals surface area contributed by atoms with Gasteiger partial charge in [0.2, 0.25) is 5.91 Å². The van der Waals surface area contributed by atoms with E-state index in [4.69, 9.17) is 10.8 Å². The van der Waals surface area contributed by atoms with Crippen LogP contribution in [0.2, 0.25) is 0 Å².